The molecule has 218 valence electrons. The van der Waals surface area contributed by atoms with Crippen molar-refractivity contribution in [2.24, 2.45) is 0 Å². The molecule has 0 unspecified atom stereocenters. The number of aromatic nitrogens is 2. The highest BCUT2D eigenvalue weighted by Crippen LogP contribution is 2.37. The van der Waals surface area contributed by atoms with Crippen molar-refractivity contribution in [2.45, 2.75) is 57.5 Å². The van der Waals surface area contributed by atoms with Crippen molar-refractivity contribution in [3.63, 3.8) is 0 Å². The quantitative estimate of drug-likeness (QED) is 0.276. The SMILES string of the molecule is CC(C)(C)OC(=O)Nc1ncc(C(=O)NC2(C(=O)NCc3ccc(Nc4ccc(F)cc4C(F)(F)F)cn3)CC2)o1. The van der Waals surface area contributed by atoms with Crippen molar-refractivity contribution in [1.29, 1.82) is 0 Å². The first kappa shape index (κ1) is 29.3. The van der Waals surface area contributed by atoms with Gasteiger partial charge in [0, 0.05) is 0 Å². The number of ether oxygens (including phenoxy) is 1. The number of carbonyl (C=O) groups excluding carboxylic acids is 3. The van der Waals surface area contributed by atoms with Gasteiger partial charge in [-0.2, -0.15) is 13.2 Å². The number of nitrogens with one attached hydrogen (secondary N) is 4. The Bertz CT molecular complexity index is 1450. The van der Waals surface area contributed by atoms with Crippen molar-refractivity contribution >= 4 is 35.3 Å². The largest absolute Gasteiger partial charge is 0.443 e. The smallest absolute Gasteiger partial charge is 0.418 e. The first-order valence-electron chi connectivity index (χ1n) is 12.3. The minimum atomic E-state index is -4.76. The molecule has 0 radical (unpaired) electrons. The Morgan fingerprint density at radius 2 is 1.78 bits per heavy atom. The van der Waals surface area contributed by atoms with Crippen LogP contribution in [0.3, 0.4) is 0 Å². The number of nitrogens with zero attached hydrogens (tertiary/aromatic N) is 2. The summed E-state index contributed by atoms with van der Waals surface area (Å²) in [6, 6.07) is 4.98. The van der Waals surface area contributed by atoms with Gasteiger partial charge in [0.2, 0.25) is 11.7 Å². The molecule has 2 aromatic heterocycles. The van der Waals surface area contributed by atoms with Gasteiger partial charge in [0.05, 0.1) is 41.6 Å². The second-order valence-electron chi connectivity index (χ2n) is 10.2. The standard InChI is InChI=1S/C26H26F4N6O5/c1-24(2,3)41-23(39)35-22-33-13-19(40-22)20(37)36-25(8-9-25)21(38)32-11-15-5-6-16(12-31-15)34-18-7-4-14(27)10-17(18)26(28,29)30/h4-7,10,12-13,34H,8-9,11H2,1-3H3,(H,32,38)(H,36,37)(H,33,35,39). The number of oxazole rings is 1. The van der Waals surface area contributed by atoms with Crippen LogP contribution in [-0.2, 0) is 22.3 Å². The zero-order valence-corrected chi connectivity index (χ0v) is 22.1. The number of hydrogen-bond donors (Lipinski definition) is 4. The third-order valence-corrected chi connectivity index (χ3v) is 5.70. The highest BCUT2D eigenvalue weighted by Gasteiger charge is 2.51. The Kier molecular flexibility index (Phi) is 7.90. The highest BCUT2D eigenvalue weighted by atomic mass is 19.4. The lowest BCUT2D eigenvalue weighted by atomic mass is 10.1. The number of anilines is 3. The van der Waals surface area contributed by atoms with E-state index in [-0.39, 0.29) is 29.7 Å². The summed E-state index contributed by atoms with van der Waals surface area (Å²) in [6.45, 7) is 5.01. The highest BCUT2D eigenvalue weighted by molar-refractivity contribution is 5.99. The molecule has 4 rings (SSSR count). The van der Waals surface area contributed by atoms with E-state index in [1.165, 1.54) is 18.3 Å². The van der Waals surface area contributed by atoms with E-state index < -0.39 is 46.6 Å². The van der Waals surface area contributed by atoms with E-state index in [2.05, 4.69) is 31.2 Å². The van der Waals surface area contributed by atoms with Crippen LogP contribution in [0.1, 0.15) is 55.4 Å². The van der Waals surface area contributed by atoms with Crippen molar-refractivity contribution < 1.29 is 41.1 Å². The van der Waals surface area contributed by atoms with Gasteiger partial charge in [-0.25, -0.2) is 19.5 Å². The molecule has 0 atom stereocenters. The fourth-order valence-corrected chi connectivity index (χ4v) is 3.60. The molecule has 0 saturated heterocycles. The monoisotopic (exact) mass is 578 g/mol. The Morgan fingerprint density at radius 3 is 2.39 bits per heavy atom. The summed E-state index contributed by atoms with van der Waals surface area (Å²) in [5.41, 5.74) is -2.80. The minimum Gasteiger partial charge on any atom is -0.443 e. The maximum Gasteiger partial charge on any atom is 0.418 e. The van der Waals surface area contributed by atoms with Gasteiger partial charge in [-0.05, 0) is 63.9 Å². The molecular weight excluding hydrogens is 552 g/mol. The van der Waals surface area contributed by atoms with Crippen LogP contribution in [0.4, 0.5) is 39.7 Å². The summed E-state index contributed by atoms with van der Waals surface area (Å²) >= 11 is 0. The second kappa shape index (κ2) is 11.1. The Morgan fingerprint density at radius 1 is 1.05 bits per heavy atom. The minimum absolute atomic E-state index is 0.0205. The lowest BCUT2D eigenvalue weighted by molar-refractivity contribution is -0.137. The molecule has 1 aromatic carbocycles. The van der Waals surface area contributed by atoms with E-state index in [0.717, 1.165) is 18.3 Å². The average Bonchev–Trinajstić information content (AvgIpc) is 3.50. The summed E-state index contributed by atoms with van der Waals surface area (Å²) < 4.78 is 63.3. The van der Waals surface area contributed by atoms with Crippen LogP contribution in [0.15, 0.2) is 47.1 Å². The van der Waals surface area contributed by atoms with Gasteiger partial charge in [0.1, 0.15) is 17.0 Å². The lowest BCUT2D eigenvalue weighted by Crippen LogP contribution is -2.48. The molecule has 11 nitrogen and oxygen atoms in total. The maximum atomic E-state index is 13.3. The van der Waals surface area contributed by atoms with Gasteiger partial charge in [0.15, 0.2) is 0 Å². The molecule has 15 heteroatoms. The van der Waals surface area contributed by atoms with Crippen LogP contribution in [0.5, 0.6) is 0 Å². The molecule has 3 aromatic rings. The van der Waals surface area contributed by atoms with Crippen molar-refractivity contribution in [3.05, 3.63) is 65.6 Å². The Balaban J connectivity index is 1.30. The number of hydrogen-bond acceptors (Lipinski definition) is 8. The van der Waals surface area contributed by atoms with E-state index >= 15 is 0 Å². The number of pyridine rings is 1. The molecule has 41 heavy (non-hydrogen) atoms. The fraction of sp³-hybridized carbons (Fsp3) is 0.346. The average molecular weight is 579 g/mol. The predicted molar refractivity (Wildman–Crippen MR) is 137 cm³/mol. The molecule has 4 N–H and O–H groups in total. The van der Waals surface area contributed by atoms with Crippen molar-refractivity contribution in [2.75, 3.05) is 10.6 Å². The second-order valence-corrected chi connectivity index (χ2v) is 10.2. The molecule has 1 saturated carbocycles. The van der Waals surface area contributed by atoms with Crippen LogP contribution in [-0.4, -0.2) is 39.0 Å². The number of benzene rings is 1. The van der Waals surface area contributed by atoms with E-state index in [0.29, 0.717) is 24.6 Å². The zero-order valence-electron chi connectivity index (χ0n) is 22.1. The molecule has 0 spiro atoms. The van der Waals surface area contributed by atoms with Crippen LogP contribution < -0.4 is 21.3 Å². The number of carbonyl (C=O) groups is 3. The summed E-state index contributed by atoms with van der Waals surface area (Å²) in [4.78, 5) is 45.2. The van der Waals surface area contributed by atoms with E-state index in [4.69, 9.17) is 9.15 Å². The van der Waals surface area contributed by atoms with Gasteiger partial charge in [0.25, 0.3) is 5.91 Å². The van der Waals surface area contributed by atoms with Gasteiger partial charge in [-0.1, -0.05) is 0 Å². The van der Waals surface area contributed by atoms with Gasteiger partial charge in [-0.3, -0.25) is 14.6 Å². The zero-order chi connectivity index (χ0) is 30.0. The molecule has 0 aliphatic heterocycles. The number of alkyl halides is 3. The van der Waals surface area contributed by atoms with Gasteiger partial charge < -0.3 is 25.1 Å². The first-order valence-corrected chi connectivity index (χ1v) is 12.3. The molecule has 1 aliphatic carbocycles. The number of rotatable bonds is 8. The maximum absolute atomic E-state index is 13.3. The van der Waals surface area contributed by atoms with Crippen LogP contribution in [0.25, 0.3) is 0 Å². The van der Waals surface area contributed by atoms with E-state index in [9.17, 15) is 31.9 Å². The van der Waals surface area contributed by atoms with Crippen molar-refractivity contribution in [1.82, 2.24) is 20.6 Å². The third-order valence-electron chi connectivity index (χ3n) is 5.70. The van der Waals surface area contributed by atoms with Crippen LogP contribution >= 0.6 is 0 Å². The van der Waals surface area contributed by atoms with Gasteiger partial charge >= 0.3 is 18.3 Å². The van der Waals surface area contributed by atoms with E-state index in [1.54, 1.807) is 20.8 Å². The number of amides is 3. The fourth-order valence-electron chi connectivity index (χ4n) is 3.60. The van der Waals surface area contributed by atoms with Crippen LogP contribution in [0.2, 0.25) is 0 Å². The van der Waals surface area contributed by atoms with Crippen LogP contribution in [0, 0.1) is 5.82 Å². The Hall–Kier alpha value is -4.69. The Labute approximate surface area is 231 Å². The molecular formula is C26H26F4N6O5. The molecule has 1 aliphatic rings. The van der Waals surface area contributed by atoms with E-state index in [1.807, 2.05) is 0 Å². The van der Waals surface area contributed by atoms with Gasteiger partial charge in [-0.15, -0.1) is 0 Å². The topological polar surface area (TPSA) is 147 Å². The first-order chi connectivity index (χ1) is 19.1. The lowest BCUT2D eigenvalue weighted by Gasteiger charge is -2.18. The normalized spacial score (nSPS) is 14.1. The molecule has 2 heterocycles. The summed E-state index contributed by atoms with van der Waals surface area (Å²) in [6.07, 6.45) is -2.47. The number of halogens is 4. The molecule has 3 amide bonds. The summed E-state index contributed by atoms with van der Waals surface area (Å²) in [7, 11) is 0. The molecule has 0 bridgehead atoms. The summed E-state index contributed by atoms with van der Waals surface area (Å²) in [5, 5.41) is 10.1. The predicted octanol–water partition coefficient (Wildman–Crippen LogP) is 4.90. The third kappa shape index (κ3) is 7.70. The van der Waals surface area contributed by atoms with Crippen molar-refractivity contribution in [3.8, 4) is 0 Å². The molecule has 1 fully saturated rings. The summed E-state index contributed by atoms with van der Waals surface area (Å²) in [5.74, 6) is -2.43.